The molecule has 3 N–H and O–H groups in total. The number of ether oxygens (including phenoxy) is 1. The van der Waals surface area contributed by atoms with Gasteiger partial charge in [-0.15, -0.1) is 23.1 Å². The number of carbonyl (C=O) groups is 4. The third-order valence-electron chi connectivity index (χ3n) is 9.50. The van der Waals surface area contributed by atoms with Crippen LogP contribution in [0.2, 0.25) is 0 Å². The highest BCUT2D eigenvalue weighted by Crippen LogP contribution is 2.41. The minimum atomic E-state index is -0.719. The molecule has 1 atom stereocenters. The van der Waals surface area contributed by atoms with Crippen LogP contribution in [0.25, 0.3) is 6.08 Å². The topological polar surface area (TPSA) is 117 Å². The highest BCUT2D eigenvalue weighted by molar-refractivity contribution is 9.10. The van der Waals surface area contributed by atoms with Crippen molar-refractivity contribution in [3.05, 3.63) is 188 Å². The van der Waals surface area contributed by atoms with Crippen LogP contribution in [0, 0.1) is 0 Å². The molecule has 5 aromatic carbocycles. The van der Waals surface area contributed by atoms with Crippen LogP contribution in [-0.2, 0) is 33.8 Å². The SMILES string of the molecule is CCOC(=O)c1c(NC(=O)C(Sc2cccc(NC(=O)/C(=C/c3ccc(Br)cc3)NC(=O)c3ccccc3)c2)c2ccccc2)sc2c1CCN(Cc1ccccc1)C2. The maximum atomic E-state index is 14.4. The summed E-state index contributed by atoms with van der Waals surface area (Å²) in [5.74, 6) is -1.69. The Morgan fingerprint density at radius 2 is 1.54 bits per heavy atom. The number of halogens is 1. The zero-order valence-electron chi connectivity index (χ0n) is 32.2. The highest BCUT2D eigenvalue weighted by atomic mass is 79.9. The average molecular weight is 886 g/mol. The summed E-state index contributed by atoms with van der Waals surface area (Å²) in [5.41, 5.74) is 4.98. The fraction of sp³-hybridized carbons (Fsp3) is 0.149. The largest absolute Gasteiger partial charge is 0.462 e. The van der Waals surface area contributed by atoms with Crippen LogP contribution in [0.15, 0.2) is 155 Å². The van der Waals surface area contributed by atoms with Gasteiger partial charge in [-0.2, -0.15) is 0 Å². The monoisotopic (exact) mass is 884 g/mol. The summed E-state index contributed by atoms with van der Waals surface area (Å²) < 4.78 is 6.40. The van der Waals surface area contributed by atoms with Crippen LogP contribution < -0.4 is 16.0 Å². The predicted molar refractivity (Wildman–Crippen MR) is 239 cm³/mol. The lowest BCUT2D eigenvalue weighted by atomic mass is 10.0. The second-order valence-corrected chi connectivity index (χ2v) is 16.9. The van der Waals surface area contributed by atoms with Gasteiger partial charge in [0, 0.05) is 45.1 Å². The van der Waals surface area contributed by atoms with E-state index in [1.54, 1.807) is 55.5 Å². The molecule has 12 heteroatoms. The lowest BCUT2D eigenvalue weighted by molar-refractivity contribution is -0.116. The number of thioether (sulfide) groups is 1. The van der Waals surface area contributed by atoms with Crippen LogP contribution >= 0.6 is 39.0 Å². The molecule has 1 aliphatic rings. The molecule has 59 heavy (non-hydrogen) atoms. The highest BCUT2D eigenvalue weighted by Gasteiger charge is 2.32. The summed E-state index contributed by atoms with van der Waals surface area (Å²) in [7, 11) is 0. The van der Waals surface area contributed by atoms with Gasteiger partial charge in [0.1, 0.15) is 15.9 Å². The number of thiophene rings is 1. The molecular weight excluding hydrogens is 845 g/mol. The Morgan fingerprint density at radius 3 is 2.25 bits per heavy atom. The van der Waals surface area contributed by atoms with Crippen molar-refractivity contribution in [1.82, 2.24) is 10.2 Å². The molecule has 0 fully saturated rings. The number of hydrogen-bond acceptors (Lipinski definition) is 8. The van der Waals surface area contributed by atoms with Crippen LogP contribution in [0.3, 0.4) is 0 Å². The van der Waals surface area contributed by atoms with Gasteiger partial charge in [-0.3, -0.25) is 19.3 Å². The fourth-order valence-corrected chi connectivity index (χ4v) is 9.30. The van der Waals surface area contributed by atoms with Gasteiger partial charge >= 0.3 is 5.97 Å². The van der Waals surface area contributed by atoms with Crippen molar-refractivity contribution in [2.75, 3.05) is 23.8 Å². The number of benzene rings is 5. The van der Waals surface area contributed by atoms with Crippen LogP contribution in [-0.4, -0.2) is 41.7 Å². The summed E-state index contributed by atoms with van der Waals surface area (Å²) >= 11 is 6.19. The van der Waals surface area contributed by atoms with E-state index >= 15 is 0 Å². The van der Waals surface area contributed by atoms with E-state index in [4.69, 9.17) is 4.74 Å². The van der Waals surface area contributed by atoms with E-state index < -0.39 is 23.0 Å². The molecule has 0 bridgehead atoms. The van der Waals surface area contributed by atoms with Crippen molar-refractivity contribution in [2.24, 2.45) is 0 Å². The third kappa shape index (κ3) is 10.8. The Morgan fingerprint density at radius 1 is 0.847 bits per heavy atom. The van der Waals surface area contributed by atoms with Gasteiger partial charge < -0.3 is 20.7 Å². The molecule has 6 aromatic rings. The number of nitrogens with zero attached hydrogens (tertiary/aromatic N) is 1. The molecule has 9 nitrogen and oxygen atoms in total. The van der Waals surface area contributed by atoms with Crippen LogP contribution in [0.4, 0.5) is 10.7 Å². The molecule has 0 radical (unpaired) electrons. The molecule has 1 aromatic heterocycles. The number of rotatable bonds is 14. The number of fused-ring (bicyclic) bond motifs is 1. The maximum Gasteiger partial charge on any atom is 0.341 e. The second-order valence-electron chi connectivity index (χ2n) is 13.7. The summed E-state index contributed by atoms with van der Waals surface area (Å²) in [5, 5.41) is 8.60. The van der Waals surface area contributed by atoms with Gasteiger partial charge in [-0.1, -0.05) is 113 Å². The normalized spacial score (nSPS) is 13.2. The summed E-state index contributed by atoms with van der Waals surface area (Å²) in [6.07, 6.45) is 2.28. The molecule has 0 saturated carbocycles. The minimum Gasteiger partial charge on any atom is -0.462 e. The first-order valence-electron chi connectivity index (χ1n) is 19.1. The number of hydrogen-bond donors (Lipinski definition) is 3. The minimum absolute atomic E-state index is 0.0556. The lowest BCUT2D eigenvalue weighted by Crippen LogP contribution is -2.30. The van der Waals surface area contributed by atoms with Gasteiger partial charge in [0.2, 0.25) is 5.91 Å². The molecule has 0 spiro atoms. The molecule has 3 amide bonds. The average Bonchev–Trinajstić information content (AvgIpc) is 3.61. The Balaban J connectivity index is 1.12. The molecule has 0 aliphatic carbocycles. The molecule has 1 aliphatic heterocycles. The first-order valence-corrected chi connectivity index (χ1v) is 21.6. The van der Waals surface area contributed by atoms with E-state index in [2.05, 4.69) is 48.9 Å². The van der Waals surface area contributed by atoms with E-state index in [1.807, 2.05) is 84.9 Å². The second kappa shape index (κ2) is 19.8. The van der Waals surface area contributed by atoms with E-state index in [0.717, 1.165) is 39.1 Å². The smallest absolute Gasteiger partial charge is 0.341 e. The molecule has 298 valence electrons. The first-order chi connectivity index (χ1) is 28.7. The van der Waals surface area contributed by atoms with Crippen LogP contribution in [0.1, 0.15) is 60.0 Å². The van der Waals surface area contributed by atoms with E-state index in [-0.39, 0.29) is 18.2 Å². The number of carbonyl (C=O) groups excluding carboxylic acids is 4. The summed E-state index contributed by atoms with van der Waals surface area (Å²) in [4.78, 5) is 59.0. The van der Waals surface area contributed by atoms with Gasteiger partial charge in [-0.05, 0) is 84.1 Å². The lowest BCUT2D eigenvalue weighted by Gasteiger charge is -2.27. The quantitative estimate of drug-likeness (QED) is 0.0567. The predicted octanol–water partition coefficient (Wildman–Crippen LogP) is 10.1. The summed E-state index contributed by atoms with van der Waals surface area (Å²) in [6.45, 7) is 4.20. The molecule has 7 rings (SSSR count). The summed E-state index contributed by atoms with van der Waals surface area (Å²) in [6, 6.07) is 43.0. The fourth-order valence-electron chi connectivity index (χ4n) is 6.67. The number of amides is 3. The maximum absolute atomic E-state index is 14.4. The Hall–Kier alpha value is -5.79. The van der Waals surface area contributed by atoms with Crippen molar-refractivity contribution in [3.8, 4) is 0 Å². The van der Waals surface area contributed by atoms with E-state index in [9.17, 15) is 19.2 Å². The number of nitrogens with one attached hydrogen (secondary N) is 3. The molecule has 2 heterocycles. The van der Waals surface area contributed by atoms with Crippen LogP contribution in [0.5, 0.6) is 0 Å². The van der Waals surface area contributed by atoms with Crippen molar-refractivity contribution in [3.63, 3.8) is 0 Å². The third-order valence-corrected chi connectivity index (χ3v) is 12.4. The van der Waals surface area contributed by atoms with Crippen molar-refractivity contribution in [1.29, 1.82) is 0 Å². The Labute approximate surface area is 360 Å². The van der Waals surface area contributed by atoms with Crippen molar-refractivity contribution >= 4 is 79.5 Å². The zero-order valence-corrected chi connectivity index (χ0v) is 35.4. The van der Waals surface area contributed by atoms with E-state index in [1.165, 1.54) is 28.7 Å². The molecular formula is C47H41BrN4O5S2. The van der Waals surface area contributed by atoms with E-state index in [0.29, 0.717) is 39.7 Å². The van der Waals surface area contributed by atoms with Crippen molar-refractivity contribution < 1.29 is 23.9 Å². The Bertz CT molecular complexity index is 2460. The first kappa shape index (κ1) is 41.4. The zero-order chi connectivity index (χ0) is 41.1. The molecule has 0 saturated heterocycles. The standard InChI is InChI=1S/C47H41BrN4O5S2/c1-2-57-47(56)41-38-25-26-52(29-32-13-6-3-7-14-32)30-40(38)59-46(41)51-45(55)42(33-15-8-4-9-16-33)58-37-20-12-19-36(28-37)49-44(54)39(27-31-21-23-35(48)24-22-31)50-43(53)34-17-10-5-11-18-34/h3-24,27-28,42H,2,25-26,29-30H2,1H3,(H,49,54)(H,50,53)(H,51,55)/b39-27-. The van der Waals surface area contributed by atoms with Gasteiger partial charge in [0.25, 0.3) is 11.8 Å². The molecule has 1 unspecified atom stereocenters. The Kier molecular flexibility index (Phi) is 13.9. The number of esters is 1. The number of anilines is 2. The van der Waals surface area contributed by atoms with Gasteiger partial charge in [0.15, 0.2) is 0 Å². The van der Waals surface area contributed by atoms with Crippen molar-refractivity contribution in [2.45, 2.75) is 36.6 Å². The van der Waals surface area contributed by atoms with Gasteiger partial charge in [-0.25, -0.2) is 4.79 Å². The van der Waals surface area contributed by atoms with Gasteiger partial charge in [0.05, 0.1) is 12.2 Å².